The zero-order valence-corrected chi connectivity index (χ0v) is 11.8. The van der Waals surface area contributed by atoms with Gasteiger partial charge in [0, 0.05) is 19.5 Å². The second kappa shape index (κ2) is 4.06. The fourth-order valence-corrected chi connectivity index (χ4v) is 2.57. The Kier molecular flexibility index (Phi) is 2.57. The van der Waals surface area contributed by atoms with Gasteiger partial charge in [0.2, 0.25) is 5.91 Å². The number of aliphatic imine (C=N–C) groups is 1. The normalized spacial score (nSPS) is 23.2. The number of aryl methyl sites for hydroxylation is 1. The second-order valence-electron chi connectivity index (χ2n) is 5.42. The third-order valence-electron chi connectivity index (χ3n) is 3.94. The van der Waals surface area contributed by atoms with Gasteiger partial charge in [0.05, 0.1) is 23.7 Å². The van der Waals surface area contributed by atoms with Gasteiger partial charge in [-0.1, -0.05) is 6.07 Å². The van der Waals surface area contributed by atoms with Crippen LogP contribution in [-0.4, -0.2) is 33.6 Å². The monoisotopic (exact) mass is 271 g/mol. The zero-order chi connectivity index (χ0) is 14.5. The number of hydrogen-bond donors (Lipinski definition) is 1. The number of carbonyl (C=O) groups is 1. The molecule has 20 heavy (non-hydrogen) atoms. The van der Waals surface area contributed by atoms with E-state index in [-0.39, 0.29) is 11.9 Å². The van der Waals surface area contributed by atoms with E-state index >= 15 is 0 Å². The van der Waals surface area contributed by atoms with E-state index in [1.165, 1.54) is 4.90 Å². The summed E-state index contributed by atoms with van der Waals surface area (Å²) in [5.41, 5.74) is 7.25. The van der Waals surface area contributed by atoms with Crippen molar-refractivity contribution >= 4 is 22.8 Å². The molecule has 6 heteroatoms. The number of nitrogens with two attached hydrogens (primary N) is 1. The van der Waals surface area contributed by atoms with E-state index in [9.17, 15) is 4.79 Å². The molecule has 6 nitrogen and oxygen atoms in total. The average Bonchev–Trinajstić information content (AvgIpc) is 2.77. The highest BCUT2D eigenvalue weighted by Crippen LogP contribution is 2.34. The van der Waals surface area contributed by atoms with Gasteiger partial charge < -0.3 is 5.73 Å². The Labute approximate surface area is 116 Å². The molecule has 1 aliphatic heterocycles. The van der Waals surface area contributed by atoms with Crippen molar-refractivity contribution in [2.45, 2.75) is 18.9 Å². The lowest BCUT2D eigenvalue weighted by Crippen LogP contribution is -2.47. The van der Waals surface area contributed by atoms with Crippen molar-refractivity contribution in [2.24, 2.45) is 17.8 Å². The Morgan fingerprint density at radius 3 is 2.80 bits per heavy atom. The van der Waals surface area contributed by atoms with E-state index in [1.54, 1.807) is 7.05 Å². The van der Waals surface area contributed by atoms with Crippen molar-refractivity contribution in [3.05, 3.63) is 30.0 Å². The number of carbonyl (C=O) groups excluding carboxylic acids is 1. The van der Waals surface area contributed by atoms with Crippen LogP contribution in [0.3, 0.4) is 0 Å². The fraction of sp³-hybridized carbons (Fsp3) is 0.357. The van der Waals surface area contributed by atoms with E-state index < -0.39 is 5.54 Å². The molecule has 1 aromatic carbocycles. The molecule has 0 saturated carbocycles. The Balaban J connectivity index is 2.12. The summed E-state index contributed by atoms with van der Waals surface area (Å²) in [6.07, 6.45) is 2.13. The van der Waals surface area contributed by atoms with Crippen molar-refractivity contribution in [3.8, 4) is 0 Å². The van der Waals surface area contributed by atoms with E-state index in [2.05, 4.69) is 10.1 Å². The molecule has 0 fully saturated rings. The first-order valence-electron chi connectivity index (χ1n) is 6.45. The summed E-state index contributed by atoms with van der Waals surface area (Å²) in [7, 11) is 3.55. The summed E-state index contributed by atoms with van der Waals surface area (Å²) >= 11 is 0. The van der Waals surface area contributed by atoms with Gasteiger partial charge in [0.15, 0.2) is 5.96 Å². The third kappa shape index (κ3) is 1.76. The molecule has 1 aromatic heterocycles. The Hall–Kier alpha value is -2.37. The molecule has 0 aliphatic carbocycles. The summed E-state index contributed by atoms with van der Waals surface area (Å²) in [6.45, 7) is 1.93. The van der Waals surface area contributed by atoms with Gasteiger partial charge in [-0.3, -0.25) is 14.4 Å². The Morgan fingerprint density at radius 1 is 1.35 bits per heavy atom. The van der Waals surface area contributed by atoms with Gasteiger partial charge in [-0.05, 0) is 24.6 Å². The molecular formula is C14H17N5O. The molecular weight excluding hydrogens is 254 g/mol. The highest BCUT2D eigenvalue weighted by atomic mass is 16.2. The summed E-state index contributed by atoms with van der Waals surface area (Å²) in [6, 6.07) is 6.01. The molecule has 3 rings (SSSR count). The van der Waals surface area contributed by atoms with Gasteiger partial charge in [-0.2, -0.15) is 5.10 Å². The van der Waals surface area contributed by atoms with E-state index in [0.717, 1.165) is 16.5 Å². The highest BCUT2D eigenvalue weighted by molar-refractivity contribution is 5.98. The predicted molar refractivity (Wildman–Crippen MR) is 77.1 cm³/mol. The van der Waals surface area contributed by atoms with Crippen LogP contribution in [-0.2, 0) is 17.4 Å². The maximum Gasteiger partial charge on any atom is 0.231 e. The maximum absolute atomic E-state index is 12.0. The molecule has 0 radical (unpaired) electrons. The van der Waals surface area contributed by atoms with Crippen molar-refractivity contribution in [1.29, 1.82) is 0 Å². The van der Waals surface area contributed by atoms with Crippen LogP contribution in [0.1, 0.15) is 18.9 Å². The molecule has 1 amide bonds. The molecule has 0 bridgehead atoms. The van der Waals surface area contributed by atoms with Crippen LogP contribution in [0, 0.1) is 0 Å². The summed E-state index contributed by atoms with van der Waals surface area (Å²) in [5, 5.41) is 5.26. The molecule has 1 atom stereocenters. The molecule has 104 valence electrons. The largest absolute Gasteiger partial charge is 0.369 e. The lowest BCUT2D eigenvalue weighted by atomic mass is 9.87. The van der Waals surface area contributed by atoms with Crippen LogP contribution in [0.2, 0.25) is 0 Å². The van der Waals surface area contributed by atoms with Crippen LogP contribution in [0.25, 0.3) is 10.9 Å². The average molecular weight is 271 g/mol. The van der Waals surface area contributed by atoms with E-state index in [4.69, 9.17) is 5.73 Å². The van der Waals surface area contributed by atoms with Crippen LogP contribution in [0.5, 0.6) is 0 Å². The summed E-state index contributed by atoms with van der Waals surface area (Å²) < 4.78 is 1.82. The van der Waals surface area contributed by atoms with Crippen LogP contribution in [0.4, 0.5) is 0 Å². The molecule has 0 saturated heterocycles. The number of aromatic nitrogens is 2. The number of nitrogens with zero attached hydrogens (tertiary/aromatic N) is 4. The molecule has 2 N–H and O–H groups in total. The number of benzene rings is 1. The second-order valence-corrected chi connectivity index (χ2v) is 5.42. The lowest BCUT2D eigenvalue weighted by Gasteiger charge is -2.33. The maximum atomic E-state index is 12.0. The Bertz CT molecular complexity index is 732. The molecule has 0 unspecified atom stereocenters. The number of rotatable bonds is 1. The van der Waals surface area contributed by atoms with Crippen molar-refractivity contribution < 1.29 is 4.79 Å². The van der Waals surface area contributed by atoms with Crippen LogP contribution < -0.4 is 5.73 Å². The first-order valence-corrected chi connectivity index (χ1v) is 6.45. The first-order chi connectivity index (χ1) is 9.40. The molecule has 2 heterocycles. The van der Waals surface area contributed by atoms with E-state index in [1.807, 2.05) is 43.0 Å². The van der Waals surface area contributed by atoms with Gasteiger partial charge in [0.1, 0.15) is 0 Å². The number of hydrogen-bond acceptors (Lipinski definition) is 4. The number of guanidine groups is 1. The van der Waals surface area contributed by atoms with Gasteiger partial charge in [-0.15, -0.1) is 0 Å². The third-order valence-corrected chi connectivity index (χ3v) is 3.94. The van der Waals surface area contributed by atoms with Crippen LogP contribution in [0.15, 0.2) is 29.4 Å². The smallest absolute Gasteiger partial charge is 0.231 e. The van der Waals surface area contributed by atoms with Gasteiger partial charge in [0.25, 0.3) is 0 Å². The highest BCUT2D eigenvalue weighted by Gasteiger charge is 2.36. The van der Waals surface area contributed by atoms with Crippen molar-refractivity contribution in [2.75, 3.05) is 7.05 Å². The van der Waals surface area contributed by atoms with Gasteiger partial charge >= 0.3 is 0 Å². The zero-order valence-electron chi connectivity index (χ0n) is 11.8. The Morgan fingerprint density at radius 2 is 2.10 bits per heavy atom. The molecule has 2 aromatic rings. The van der Waals surface area contributed by atoms with E-state index in [0.29, 0.717) is 6.42 Å². The van der Waals surface area contributed by atoms with Crippen LogP contribution >= 0.6 is 0 Å². The van der Waals surface area contributed by atoms with Crippen molar-refractivity contribution in [3.63, 3.8) is 0 Å². The SMILES string of the molecule is CN1C(=O)C[C@@](C)(c2ccc3c(cnn3C)c2)N=C1N. The minimum Gasteiger partial charge on any atom is -0.369 e. The molecule has 0 spiro atoms. The minimum absolute atomic E-state index is 0.0220. The predicted octanol–water partition coefficient (Wildman–Crippen LogP) is 0.965. The lowest BCUT2D eigenvalue weighted by molar-refractivity contribution is -0.128. The van der Waals surface area contributed by atoms with Crippen molar-refractivity contribution in [1.82, 2.24) is 14.7 Å². The summed E-state index contributed by atoms with van der Waals surface area (Å²) in [4.78, 5) is 17.9. The quantitative estimate of drug-likeness (QED) is 0.839. The fourth-order valence-electron chi connectivity index (χ4n) is 2.57. The first kappa shape index (κ1) is 12.7. The minimum atomic E-state index is -0.613. The number of amides is 1. The topological polar surface area (TPSA) is 76.5 Å². The van der Waals surface area contributed by atoms with Gasteiger partial charge in [-0.25, -0.2) is 4.99 Å². The standard InChI is InChI=1S/C14H17N5O/c1-14(7-12(20)18(2)13(15)17-14)10-4-5-11-9(6-10)8-16-19(11)3/h4-6,8H,7H2,1-3H3,(H2,15,17)/t14-/m0/s1. The molecule has 1 aliphatic rings. The number of fused-ring (bicyclic) bond motifs is 1. The summed E-state index contributed by atoms with van der Waals surface area (Å²) in [5.74, 6) is 0.237.